The molecule has 2 aromatic heterocycles. The number of hydrogen-bond donors (Lipinski definition) is 0. The smallest absolute Gasteiger partial charge is 0.356 e. The van der Waals surface area contributed by atoms with Crippen LogP contribution in [0.3, 0.4) is 0 Å². The number of hydrogen-bond acceptors (Lipinski definition) is 6. The van der Waals surface area contributed by atoms with E-state index in [0.717, 1.165) is 21.9 Å². The minimum absolute atomic E-state index is 0.00332. The van der Waals surface area contributed by atoms with E-state index in [1.807, 2.05) is 36.4 Å². The molecule has 5 rings (SSSR count). The van der Waals surface area contributed by atoms with Gasteiger partial charge in [0, 0.05) is 34.1 Å². The number of fused-ring (bicyclic) bond motifs is 1. The fourth-order valence-electron chi connectivity index (χ4n) is 4.40. The number of rotatable bonds is 7. The molecule has 0 saturated carbocycles. The first-order chi connectivity index (χ1) is 18.7. The number of carbonyl (C=O) groups is 1. The van der Waals surface area contributed by atoms with Gasteiger partial charge >= 0.3 is 5.97 Å². The zero-order chi connectivity index (χ0) is 27.6. The Bertz CT molecular complexity index is 1840. The molecule has 0 radical (unpaired) electrons. The average molecular weight is 603 g/mol. The fourth-order valence-corrected chi connectivity index (χ4v) is 5.39. The Labute approximate surface area is 233 Å². The molecule has 5 aromatic rings. The van der Waals surface area contributed by atoms with Gasteiger partial charge in [0.1, 0.15) is 12.3 Å². The number of ether oxygens (including phenoxy) is 1. The van der Waals surface area contributed by atoms with Gasteiger partial charge in [-0.15, -0.1) is 0 Å². The number of aromatic nitrogens is 2. The highest BCUT2D eigenvalue weighted by molar-refractivity contribution is 9.10. The zero-order valence-electron chi connectivity index (χ0n) is 20.9. The number of benzene rings is 3. The van der Waals surface area contributed by atoms with E-state index in [9.17, 15) is 18.0 Å². The molecule has 0 aliphatic heterocycles. The summed E-state index contributed by atoms with van der Waals surface area (Å²) >= 11 is 3.50. The van der Waals surface area contributed by atoms with Gasteiger partial charge in [-0.3, -0.25) is 14.3 Å². The molecule has 0 unspecified atom stereocenters. The van der Waals surface area contributed by atoms with Crippen LogP contribution in [0.15, 0.2) is 111 Å². The van der Waals surface area contributed by atoms with Crippen molar-refractivity contribution in [2.24, 2.45) is 0 Å². The predicted molar refractivity (Wildman–Crippen MR) is 153 cm³/mol. The molecular weight excluding hydrogens is 580 g/mol. The number of esters is 1. The molecule has 9 heteroatoms. The Balaban J connectivity index is 1.73. The Hall–Kier alpha value is -4.08. The van der Waals surface area contributed by atoms with E-state index in [-0.39, 0.29) is 29.3 Å². The second-order valence-corrected chi connectivity index (χ2v) is 11.9. The highest BCUT2D eigenvalue weighted by Crippen LogP contribution is 2.33. The molecule has 0 N–H and O–H groups in total. The van der Waals surface area contributed by atoms with Crippen LogP contribution in [0.25, 0.3) is 21.9 Å². The van der Waals surface area contributed by atoms with E-state index in [2.05, 4.69) is 20.9 Å². The van der Waals surface area contributed by atoms with Crippen LogP contribution in [-0.4, -0.2) is 30.2 Å². The van der Waals surface area contributed by atoms with Gasteiger partial charge in [0.15, 0.2) is 9.84 Å². The molecular formula is C30H23BrN2O5S. The molecule has 2 heterocycles. The van der Waals surface area contributed by atoms with Crippen molar-refractivity contribution < 1.29 is 17.9 Å². The van der Waals surface area contributed by atoms with Crippen molar-refractivity contribution in [3.05, 3.63) is 129 Å². The molecule has 3 aromatic carbocycles. The van der Waals surface area contributed by atoms with E-state index in [0.29, 0.717) is 21.9 Å². The third-order valence-corrected chi connectivity index (χ3v) is 7.92. The standard InChI is InChI=1S/C30H23BrN2O5S/c1-39(36,37)24-10-7-20(8-11-24)18-33-28(30(35)38-19-21-13-15-32-16-14-21)27(22-5-3-2-4-6-22)26-17-23(31)9-12-25(26)29(33)34/h2-17H,18-19H2,1H3. The summed E-state index contributed by atoms with van der Waals surface area (Å²) in [5.74, 6) is -0.655. The first-order valence-corrected chi connectivity index (χ1v) is 14.7. The maximum absolute atomic E-state index is 13.9. The van der Waals surface area contributed by atoms with Gasteiger partial charge in [-0.05, 0) is 64.5 Å². The zero-order valence-corrected chi connectivity index (χ0v) is 23.3. The van der Waals surface area contributed by atoms with Crippen LogP contribution in [-0.2, 0) is 27.7 Å². The predicted octanol–water partition coefficient (Wildman–Crippen LogP) is 5.63. The lowest BCUT2D eigenvalue weighted by Gasteiger charge is -2.20. The van der Waals surface area contributed by atoms with Crippen LogP contribution in [0.5, 0.6) is 0 Å². The molecule has 0 amide bonds. The van der Waals surface area contributed by atoms with Gasteiger partial charge in [-0.1, -0.05) is 58.4 Å². The van der Waals surface area contributed by atoms with Crippen molar-refractivity contribution in [3.63, 3.8) is 0 Å². The Kier molecular flexibility index (Phi) is 7.45. The van der Waals surface area contributed by atoms with Gasteiger partial charge in [0.05, 0.1) is 11.4 Å². The average Bonchev–Trinajstić information content (AvgIpc) is 2.93. The van der Waals surface area contributed by atoms with E-state index in [1.54, 1.807) is 48.8 Å². The number of halogens is 1. The minimum Gasteiger partial charge on any atom is -0.456 e. The van der Waals surface area contributed by atoms with Crippen LogP contribution in [0.4, 0.5) is 0 Å². The third kappa shape index (κ3) is 5.69. The third-order valence-electron chi connectivity index (χ3n) is 6.30. The molecule has 0 bridgehead atoms. The molecule has 0 fully saturated rings. The molecule has 0 aliphatic rings. The molecule has 0 spiro atoms. The molecule has 196 valence electrons. The van der Waals surface area contributed by atoms with E-state index < -0.39 is 15.8 Å². The summed E-state index contributed by atoms with van der Waals surface area (Å²) < 4.78 is 31.8. The Morgan fingerprint density at radius 3 is 2.26 bits per heavy atom. The van der Waals surface area contributed by atoms with Crippen LogP contribution >= 0.6 is 15.9 Å². The first kappa shape index (κ1) is 26.5. The number of carbonyl (C=O) groups excluding carboxylic acids is 1. The largest absolute Gasteiger partial charge is 0.456 e. The second kappa shape index (κ2) is 11.0. The van der Waals surface area contributed by atoms with Crippen LogP contribution in [0, 0.1) is 0 Å². The fraction of sp³-hybridized carbons (Fsp3) is 0.100. The summed E-state index contributed by atoms with van der Waals surface area (Å²) in [4.78, 5) is 31.9. The summed E-state index contributed by atoms with van der Waals surface area (Å²) in [7, 11) is -3.38. The molecule has 0 saturated heterocycles. The van der Waals surface area contributed by atoms with Crippen molar-refractivity contribution in [2.45, 2.75) is 18.0 Å². The maximum Gasteiger partial charge on any atom is 0.356 e. The summed E-state index contributed by atoms with van der Waals surface area (Å²) in [5.41, 5.74) is 2.48. The first-order valence-electron chi connectivity index (χ1n) is 12.0. The van der Waals surface area contributed by atoms with Gasteiger partial charge in [-0.2, -0.15) is 0 Å². The summed E-state index contributed by atoms with van der Waals surface area (Å²) in [6, 6.07) is 24.5. The lowest BCUT2D eigenvalue weighted by molar-refractivity contribution is 0.0460. The van der Waals surface area contributed by atoms with Crippen molar-refractivity contribution in [3.8, 4) is 11.1 Å². The van der Waals surface area contributed by atoms with Crippen molar-refractivity contribution in [2.75, 3.05) is 6.26 Å². The molecule has 0 atom stereocenters. The Morgan fingerprint density at radius 2 is 1.59 bits per heavy atom. The topological polar surface area (TPSA) is 95.3 Å². The monoisotopic (exact) mass is 602 g/mol. The van der Waals surface area contributed by atoms with Crippen molar-refractivity contribution >= 4 is 42.5 Å². The van der Waals surface area contributed by atoms with Gasteiger partial charge in [0.2, 0.25) is 0 Å². The van der Waals surface area contributed by atoms with Crippen LogP contribution in [0.2, 0.25) is 0 Å². The van der Waals surface area contributed by atoms with Gasteiger partial charge < -0.3 is 4.74 Å². The van der Waals surface area contributed by atoms with Crippen molar-refractivity contribution in [1.29, 1.82) is 0 Å². The van der Waals surface area contributed by atoms with E-state index in [1.165, 1.54) is 16.7 Å². The quantitative estimate of drug-likeness (QED) is 0.224. The van der Waals surface area contributed by atoms with Gasteiger partial charge in [0.25, 0.3) is 5.56 Å². The van der Waals surface area contributed by atoms with Crippen LogP contribution < -0.4 is 5.56 Å². The number of sulfone groups is 1. The second-order valence-electron chi connectivity index (χ2n) is 9.02. The number of pyridine rings is 2. The SMILES string of the molecule is CS(=O)(=O)c1ccc(Cn2c(C(=O)OCc3ccncc3)c(-c3ccccc3)c3cc(Br)ccc3c2=O)cc1. The maximum atomic E-state index is 13.9. The lowest BCUT2D eigenvalue weighted by Crippen LogP contribution is -2.29. The summed E-state index contributed by atoms with van der Waals surface area (Å²) in [6.07, 6.45) is 4.36. The molecule has 39 heavy (non-hydrogen) atoms. The lowest BCUT2D eigenvalue weighted by atomic mass is 9.96. The van der Waals surface area contributed by atoms with E-state index in [4.69, 9.17) is 4.74 Å². The number of nitrogens with zero attached hydrogens (tertiary/aromatic N) is 2. The molecule has 7 nitrogen and oxygen atoms in total. The Morgan fingerprint density at radius 1 is 0.897 bits per heavy atom. The van der Waals surface area contributed by atoms with E-state index >= 15 is 0 Å². The van der Waals surface area contributed by atoms with Crippen molar-refractivity contribution in [1.82, 2.24) is 9.55 Å². The highest BCUT2D eigenvalue weighted by atomic mass is 79.9. The minimum atomic E-state index is -3.38. The summed E-state index contributed by atoms with van der Waals surface area (Å²) in [5, 5.41) is 1.05. The highest BCUT2D eigenvalue weighted by Gasteiger charge is 2.25. The van der Waals surface area contributed by atoms with Crippen LogP contribution in [0.1, 0.15) is 21.6 Å². The normalized spacial score (nSPS) is 11.4. The van der Waals surface area contributed by atoms with Gasteiger partial charge in [-0.25, -0.2) is 13.2 Å². The summed E-state index contributed by atoms with van der Waals surface area (Å²) in [6.45, 7) is 0.0394. The molecule has 0 aliphatic carbocycles.